The van der Waals surface area contributed by atoms with E-state index in [1.165, 1.54) is 26.0 Å². The molecule has 1 fully saturated rings. The van der Waals surface area contributed by atoms with Crippen LogP contribution in [0.15, 0.2) is 17.0 Å². The number of rotatable bonds is 7. The van der Waals surface area contributed by atoms with E-state index in [2.05, 4.69) is 22.5 Å². The van der Waals surface area contributed by atoms with Gasteiger partial charge in [-0.15, -0.1) is 0 Å². The highest BCUT2D eigenvalue weighted by Crippen LogP contribution is 2.35. The lowest BCUT2D eigenvalue weighted by atomic mass is 9.99. The van der Waals surface area contributed by atoms with E-state index in [1.807, 2.05) is 0 Å². The molecule has 0 saturated carbocycles. The monoisotopic (exact) mass is 452 g/mol. The van der Waals surface area contributed by atoms with Gasteiger partial charge in [0.15, 0.2) is 6.10 Å². The highest BCUT2D eigenvalue weighted by molar-refractivity contribution is 7.89. The Bertz CT molecular complexity index is 941. The molecule has 0 aromatic heterocycles. The third kappa shape index (κ3) is 5.55. The highest BCUT2D eigenvalue weighted by atomic mass is 32.2. The number of carbonyl (C=O) groups is 2. The second-order valence-corrected chi connectivity index (χ2v) is 10.5. The SMILES string of the molecule is Cc1cc2c(cc1S(=O)(=O)N(C)CC(=O)NCCN1CCC(C)CC1)O[C@H](C)C(=O)N2. The number of piperidine rings is 1. The number of ether oxygens (including phenoxy) is 1. The summed E-state index contributed by atoms with van der Waals surface area (Å²) in [4.78, 5) is 26.4. The Hall–Kier alpha value is -2.17. The molecule has 2 aliphatic rings. The molecule has 2 aliphatic heterocycles. The average Bonchev–Trinajstić information content (AvgIpc) is 2.70. The number of nitrogens with one attached hydrogen (secondary N) is 2. The van der Waals surface area contributed by atoms with Crippen molar-refractivity contribution in [3.63, 3.8) is 0 Å². The third-order valence-electron chi connectivity index (χ3n) is 5.89. The Morgan fingerprint density at radius 3 is 2.65 bits per heavy atom. The lowest BCUT2D eigenvalue weighted by molar-refractivity contribution is -0.123. The number of hydrogen-bond donors (Lipinski definition) is 2. The van der Waals surface area contributed by atoms with E-state index >= 15 is 0 Å². The van der Waals surface area contributed by atoms with Crippen LogP contribution in [0.4, 0.5) is 5.69 Å². The number of carbonyl (C=O) groups excluding carboxylic acids is 2. The molecule has 2 heterocycles. The first-order chi connectivity index (χ1) is 14.6. The number of nitrogens with zero attached hydrogens (tertiary/aromatic N) is 2. The molecule has 2 amide bonds. The van der Waals surface area contributed by atoms with Gasteiger partial charge in [-0.25, -0.2) is 8.42 Å². The normalized spacial score (nSPS) is 20.2. The zero-order valence-corrected chi connectivity index (χ0v) is 19.4. The second-order valence-electron chi connectivity index (χ2n) is 8.50. The van der Waals surface area contributed by atoms with Crippen LogP contribution in [0.1, 0.15) is 32.3 Å². The van der Waals surface area contributed by atoms with Gasteiger partial charge in [0.25, 0.3) is 5.91 Å². The Morgan fingerprint density at radius 1 is 1.29 bits per heavy atom. The maximum atomic E-state index is 13.1. The summed E-state index contributed by atoms with van der Waals surface area (Å²) >= 11 is 0. The molecule has 1 atom stereocenters. The summed E-state index contributed by atoms with van der Waals surface area (Å²) in [5.74, 6) is 0.422. The lowest BCUT2D eigenvalue weighted by Crippen LogP contribution is -2.43. The highest BCUT2D eigenvalue weighted by Gasteiger charge is 2.30. The van der Waals surface area contributed by atoms with Crippen LogP contribution in [-0.2, 0) is 19.6 Å². The Kier molecular flexibility index (Phi) is 7.23. The van der Waals surface area contributed by atoms with Crippen LogP contribution in [0.2, 0.25) is 0 Å². The van der Waals surface area contributed by atoms with Gasteiger partial charge in [-0.2, -0.15) is 4.31 Å². The third-order valence-corrected chi connectivity index (χ3v) is 7.83. The lowest BCUT2D eigenvalue weighted by Gasteiger charge is -2.30. The van der Waals surface area contributed by atoms with Gasteiger partial charge in [-0.1, -0.05) is 6.92 Å². The van der Waals surface area contributed by atoms with Crippen LogP contribution < -0.4 is 15.4 Å². The van der Waals surface area contributed by atoms with E-state index in [0.29, 0.717) is 23.5 Å². The summed E-state index contributed by atoms with van der Waals surface area (Å²) in [6, 6.07) is 2.97. The molecule has 0 bridgehead atoms. The minimum atomic E-state index is -3.91. The first-order valence-corrected chi connectivity index (χ1v) is 12.1. The minimum absolute atomic E-state index is 0.0485. The zero-order chi connectivity index (χ0) is 22.8. The molecule has 1 saturated heterocycles. The van der Waals surface area contributed by atoms with E-state index in [4.69, 9.17) is 4.74 Å². The standard InChI is InChI=1S/C21H32N4O5S/c1-14-5-8-25(9-6-14)10-7-22-20(26)13-24(4)31(28,29)19-12-18-17(11-15(19)2)23-21(27)16(3)30-18/h11-12,14,16H,5-10,13H2,1-4H3,(H,22,26)(H,23,27)/t16-/m1/s1. The van der Waals surface area contributed by atoms with Gasteiger partial charge in [0.2, 0.25) is 15.9 Å². The zero-order valence-electron chi connectivity index (χ0n) is 18.6. The second kappa shape index (κ2) is 9.54. The molecule has 10 heteroatoms. The Labute approximate surface area is 184 Å². The van der Waals surface area contributed by atoms with Gasteiger partial charge in [-0.3, -0.25) is 9.59 Å². The predicted octanol–water partition coefficient (Wildman–Crippen LogP) is 1.18. The first kappa shape index (κ1) is 23.5. The van der Waals surface area contributed by atoms with Crippen molar-refractivity contribution < 1.29 is 22.7 Å². The Balaban J connectivity index is 1.59. The van der Waals surface area contributed by atoms with Gasteiger partial charge < -0.3 is 20.3 Å². The fraction of sp³-hybridized carbons (Fsp3) is 0.619. The van der Waals surface area contributed by atoms with Gasteiger partial charge in [0.1, 0.15) is 5.75 Å². The summed E-state index contributed by atoms with van der Waals surface area (Å²) in [7, 11) is -2.53. The van der Waals surface area contributed by atoms with E-state index < -0.39 is 16.1 Å². The van der Waals surface area contributed by atoms with Crippen molar-refractivity contribution >= 4 is 27.5 Å². The quantitative estimate of drug-likeness (QED) is 0.643. The number of aryl methyl sites for hydroxylation is 1. The fourth-order valence-corrected chi connectivity index (χ4v) is 5.12. The molecule has 1 aromatic carbocycles. The van der Waals surface area contributed by atoms with Crippen LogP contribution in [0.3, 0.4) is 0 Å². The van der Waals surface area contributed by atoms with E-state index in [0.717, 1.165) is 29.9 Å². The number of hydrogen-bond acceptors (Lipinski definition) is 6. The molecule has 31 heavy (non-hydrogen) atoms. The summed E-state index contributed by atoms with van der Waals surface area (Å²) in [6.45, 7) is 8.53. The van der Waals surface area contributed by atoms with Crippen LogP contribution >= 0.6 is 0 Å². The van der Waals surface area contributed by atoms with Crippen molar-refractivity contribution in [2.24, 2.45) is 5.92 Å². The van der Waals surface area contributed by atoms with Crippen molar-refractivity contribution in [2.45, 2.75) is 44.6 Å². The maximum Gasteiger partial charge on any atom is 0.265 e. The van der Waals surface area contributed by atoms with Crippen LogP contribution in [0.25, 0.3) is 0 Å². The average molecular weight is 453 g/mol. The Morgan fingerprint density at radius 2 is 1.97 bits per heavy atom. The number of likely N-dealkylation sites (tertiary alicyclic amines) is 1. The molecule has 0 unspecified atom stereocenters. The smallest absolute Gasteiger partial charge is 0.265 e. The first-order valence-electron chi connectivity index (χ1n) is 10.7. The molecular weight excluding hydrogens is 420 g/mol. The largest absolute Gasteiger partial charge is 0.479 e. The van der Waals surface area contributed by atoms with Crippen molar-refractivity contribution in [2.75, 3.05) is 45.1 Å². The van der Waals surface area contributed by atoms with E-state index in [-0.39, 0.29) is 23.3 Å². The van der Waals surface area contributed by atoms with Gasteiger partial charge >= 0.3 is 0 Å². The molecule has 0 aliphatic carbocycles. The summed E-state index contributed by atoms with van der Waals surface area (Å²) in [5, 5.41) is 5.51. The predicted molar refractivity (Wildman–Crippen MR) is 118 cm³/mol. The fourth-order valence-electron chi connectivity index (χ4n) is 3.77. The molecule has 0 spiro atoms. The van der Waals surface area contributed by atoms with Gasteiger partial charge in [0, 0.05) is 26.2 Å². The maximum absolute atomic E-state index is 13.1. The topological polar surface area (TPSA) is 108 Å². The van der Waals surface area contributed by atoms with Crippen LogP contribution in [0.5, 0.6) is 5.75 Å². The van der Waals surface area contributed by atoms with E-state index in [9.17, 15) is 18.0 Å². The molecular formula is C21H32N4O5S. The molecule has 0 radical (unpaired) electrons. The van der Waals surface area contributed by atoms with Gasteiger partial charge in [-0.05, 0) is 57.3 Å². The molecule has 172 valence electrons. The molecule has 2 N–H and O–H groups in total. The van der Waals surface area contributed by atoms with Crippen molar-refractivity contribution in [3.05, 3.63) is 17.7 Å². The number of benzene rings is 1. The summed E-state index contributed by atoms with van der Waals surface area (Å²) < 4.78 is 32.7. The van der Waals surface area contributed by atoms with Crippen LogP contribution in [0, 0.1) is 12.8 Å². The molecule has 9 nitrogen and oxygen atoms in total. The molecule has 3 rings (SSSR count). The van der Waals surface area contributed by atoms with Crippen molar-refractivity contribution in [3.8, 4) is 5.75 Å². The summed E-state index contributed by atoms with van der Waals surface area (Å²) in [5.41, 5.74) is 0.899. The number of fused-ring (bicyclic) bond motifs is 1. The molecule has 1 aromatic rings. The van der Waals surface area contributed by atoms with E-state index in [1.54, 1.807) is 19.9 Å². The number of anilines is 1. The number of amides is 2. The minimum Gasteiger partial charge on any atom is -0.479 e. The number of sulfonamides is 1. The van der Waals surface area contributed by atoms with Crippen molar-refractivity contribution in [1.29, 1.82) is 0 Å². The number of likely N-dealkylation sites (N-methyl/N-ethyl adjacent to an activating group) is 1. The van der Waals surface area contributed by atoms with Gasteiger partial charge in [0.05, 0.1) is 17.1 Å². The summed E-state index contributed by atoms with van der Waals surface area (Å²) in [6.07, 6.45) is 1.63. The van der Waals surface area contributed by atoms with Crippen LogP contribution in [-0.4, -0.2) is 75.3 Å². The van der Waals surface area contributed by atoms with Crippen molar-refractivity contribution in [1.82, 2.24) is 14.5 Å².